The largest absolute Gasteiger partial charge is 0.395 e. The van der Waals surface area contributed by atoms with E-state index in [1.54, 1.807) is 6.92 Å². The molecule has 0 bridgehead atoms. The summed E-state index contributed by atoms with van der Waals surface area (Å²) in [6.45, 7) is 1.16. The number of aryl methyl sites for hydroxylation is 1. The van der Waals surface area contributed by atoms with Crippen LogP contribution in [0.2, 0.25) is 0 Å². The van der Waals surface area contributed by atoms with Gasteiger partial charge >= 0.3 is 11.9 Å². The Hall–Kier alpha value is -4.63. The SMILES string of the molecule is C[C@@H](C(=O)Nc1ccnc(-c2cnc(N3CC(C(F)(F)F)C3)nc2)n1)n1cnc2c1c(=O)n(C)c(=O)n2C. The van der Waals surface area contributed by atoms with Gasteiger partial charge in [-0.15, -0.1) is 0 Å². The maximum atomic E-state index is 13.0. The molecule has 1 fully saturated rings. The molecule has 5 heterocycles. The number of rotatable bonds is 5. The van der Waals surface area contributed by atoms with Crippen molar-refractivity contribution < 1.29 is 18.0 Å². The topological polar surface area (TPSA) is 146 Å². The third-order valence-corrected chi connectivity index (χ3v) is 6.40. The number of aromatic nitrogens is 8. The van der Waals surface area contributed by atoms with Crippen molar-refractivity contribution in [2.45, 2.75) is 19.1 Å². The second-order valence-corrected chi connectivity index (χ2v) is 8.88. The molecule has 4 aromatic heterocycles. The van der Waals surface area contributed by atoms with Gasteiger partial charge in [0.25, 0.3) is 5.56 Å². The van der Waals surface area contributed by atoms with Crippen LogP contribution >= 0.6 is 0 Å². The molecular weight excluding hydrogens is 509 g/mol. The van der Waals surface area contributed by atoms with Gasteiger partial charge in [-0.2, -0.15) is 13.2 Å². The van der Waals surface area contributed by atoms with Crippen molar-refractivity contribution in [3.05, 3.63) is 51.8 Å². The molecule has 4 aromatic rings. The van der Waals surface area contributed by atoms with E-state index in [1.165, 1.54) is 59.1 Å². The van der Waals surface area contributed by atoms with Crippen LogP contribution in [-0.2, 0) is 18.9 Å². The zero-order valence-electron chi connectivity index (χ0n) is 20.3. The van der Waals surface area contributed by atoms with Crippen molar-refractivity contribution in [1.82, 2.24) is 38.6 Å². The predicted molar refractivity (Wildman–Crippen MR) is 128 cm³/mol. The molecule has 0 saturated carbocycles. The first-order valence-electron chi connectivity index (χ1n) is 11.4. The van der Waals surface area contributed by atoms with Crippen LogP contribution in [0.1, 0.15) is 13.0 Å². The third-order valence-electron chi connectivity index (χ3n) is 6.40. The number of halogens is 3. The molecule has 1 N–H and O–H groups in total. The lowest BCUT2D eigenvalue weighted by Crippen LogP contribution is -2.54. The van der Waals surface area contributed by atoms with Crippen LogP contribution in [-0.4, -0.2) is 63.8 Å². The molecule has 16 heteroatoms. The summed E-state index contributed by atoms with van der Waals surface area (Å²) in [6.07, 6.45) is 1.27. The fourth-order valence-corrected chi connectivity index (χ4v) is 4.03. The number of fused-ring (bicyclic) bond motifs is 1. The van der Waals surface area contributed by atoms with Crippen LogP contribution in [0.3, 0.4) is 0 Å². The Labute approximate surface area is 211 Å². The van der Waals surface area contributed by atoms with Gasteiger partial charge in [-0.05, 0) is 13.0 Å². The number of hydrogen-bond acceptors (Lipinski definition) is 9. The predicted octanol–water partition coefficient (Wildman–Crippen LogP) is 0.879. The molecule has 0 spiro atoms. The Morgan fingerprint density at radius 1 is 1.08 bits per heavy atom. The van der Waals surface area contributed by atoms with E-state index in [-0.39, 0.29) is 41.8 Å². The molecule has 0 unspecified atom stereocenters. The van der Waals surface area contributed by atoms with Crippen molar-refractivity contribution in [1.29, 1.82) is 0 Å². The molecule has 38 heavy (non-hydrogen) atoms. The number of imidazole rings is 1. The second-order valence-electron chi connectivity index (χ2n) is 8.88. The maximum Gasteiger partial charge on any atom is 0.395 e. The van der Waals surface area contributed by atoms with E-state index in [2.05, 4.69) is 30.2 Å². The highest BCUT2D eigenvalue weighted by molar-refractivity contribution is 5.93. The smallest absolute Gasteiger partial charge is 0.339 e. The lowest BCUT2D eigenvalue weighted by molar-refractivity contribution is -0.180. The molecular formula is C22H21F3N10O3. The zero-order chi connectivity index (χ0) is 27.4. The molecule has 1 saturated heterocycles. The molecule has 13 nitrogen and oxygen atoms in total. The highest BCUT2D eigenvalue weighted by Crippen LogP contribution is 2.35. The minimum atomic E-state index is -4.24. The molecule has 0 aromatic carbocycles. The molecule has 0 aliphatic carbocycles. The Balaban J connectivity index is 1.32. The Morgan fingerprint density at radius 3 is 2.42 bits per heavy atom. The van der Waals surface area contributed by atoms with Crippen LogP contribution in [0, 0.1) is 5.92 Å². The summed E-state index contributed by atoms with van der Waals surface area (Å²) in [6, 6.07) is 0.582. The summed E-state index contributed by atoms with van der Waals surface area (Å²) >= 11 is 0. The number of nitrogens with one attached hydrogen (secondary N) is 1. The summed E-state index contributed by atoms with van der Waals surface area (Å²) < 4.78 is 41.7. The van der Waals surface area contributed by atoms with E-state index in [0.29, 0.717) is 5.56 Å². The number of amides is 1. The summed E-state index contributed by atoms with van der Waals surface area (Å²) in [4.78, 5) is 60.1. The highest BCUT2D eigenvalue weighted by Gasteiger charge is 2.47. The van der Waals surface area contributed by atoms with Crippen molar-refractivity contribution in [2.75, 3.05) is 23.3 Å². The van der Waals surface area contributed by atoms with Crippen LogP contribution in [0.15, 0.2) is 40.6 Å². The van der Waals surface area contributed by atoms with E-state index in [4.69, 9.17) is 0 Å². The summed E-state index contributed by atoms with van der Waals surface area (Å²) in [5.41, 5.74) is -0.471. The standard InChI is InChI=1S/C22H21F3N10O3/c1-11(35-10-29-17-15(35)19(37)33(3)21(38)32(17)2)18(36)31-14-4-5-26-16(30-14)12-6-27-20(28-7-12)34-8-13(9-34)22(23,24)25/h4-7,10-11,13H,8-9H2,1-3H3,(H,26,30,31,36)/t11-/m0/s1. The van der Waals surface area contributed by atoms with Crippen molar-refractivity contribution >= 4 is 28.8 Å². The number of alkyl halides is 3. The second kappa shape index (κ2) is 9.04. The van der Waals surface area contributed by atoms with Crippen molar-refractivity contribution in [3.63, 3.8) is 0 Å². The van der Waals surface area contributed by atoms with Gasteiger partial charge < -0.3 is 14.8 Å². The minimum Gasteiger partial charge on any atom is -0.339 e. The summed E-state index contributed by atoms with van der Waals surface area (Å²) in [5.74, 6) is -1.38. The van der Waals surface area contributed by atoms with Gasteiger partial charge in [-0.25, -0.2) is 29.7 Å². The first-order valence-corrected chi connectivity index (χ1v) is 11.4. The molecule has 5 rings (SSSR count). The number of hydrogen-bond donors (Lipinski definition) is 1. The Morgan fingerprint density at radius 2 is 1.76 bits per heavy atom. The minimum absolute atomic E-state index is 0.0987. The van der Waals surface area contributed by atoms with Gasteiger partial charge in [0.1, 0.15) is 11.9 Å². The van der Waals surface area contributed by atoms with E-state index < -0.39 is 35.3 Å². The monoisotopic (exact) mass is 530 g/mol. The highest BCUT2D eigenvalue weighted by atomic mass is 19.4. The summed E-state index contributed by atoms with van der Waals surface area (Å²) in [7, 11) is 2.82. The van der Waals surface area contributed by atoms with Gasteiger partial charge in [-0.1, -0.05) is 0 Å². The van der Waals surface area contributed by atoms with Gasteiger partial charge in [0.2, 0.25) is 11.9 Å². The van der Waals surface area contributed by atoms with Gasteiger partial charge in [-0.3, -0.25) is 18.7 Å². The van der Waals surface area contributed by atoms with Crippen molar-refractivity contribution in [2.24, 2.45) is 20.0 Å². The Bertz CT molecular complexity index is 1650. The Kier molecular flexibility index (Phi) is 5.95. The van der Waals surface area contributed by atoms with Crippen LogP contribution < -0.4 is 21.5 Å². The van der Waals surface area contributed by atoms with Crippen LogP contribution in [0.4, 0.5) is 24.9 Å². The first kappa shape index (κ1) is 25.0. The first-order chi connectivity index (χ1) is 18.0. The third kappa shape index (κ3) is 4.26. The lowest BCUT2D eigenvalue weighted by Gasteiger charge is -2.39. The van der Waals surface area contributed by atoms with Gasteiger partial charge in [0, 0.05) is 45.8 Å². The molecule has 1 aliphatic rings. The van der Waals surface area contributed by atoms with Crippen LogP contribution in [0.25, 0.3) is 22.6 Å². The molecule has 1 aliphatic heterocycles. The quantitative estimate of drug-likeness (QED) is 0.397. The van der Waals surface area contributed by atoms with Gasteiger partial charge in [0.05, 0.1) is 17.8 Å². The zero-order valence-corrected chi connectivity index (χ0v) is 20.3. The number of carbonyl (C=O) groups is 1. The normalized spacial score (nSPS) is 14.9. The fraction of sp³-hybridized carbons (Fsp3) is 0.364. The fourth-order valence-electron chi connectivity index (χ4n) is 4.03. The van der Waals surface area contributed by atoms with Crippen LogP contribution in [0.5, 0.6) is 0 Å². The van der Waals surface area contributed by atoms with Gasteiger partial charge in [0.15, 0.2) is 17.0 Å². The van der Waals surface area contributed by atoms with E-state index >= 15 is 0 Å². The van der Waals surface area contributed by atoms with Crippen molar-refractivity contribution in [3.8, 4) is 11.4 Å². The molecule has 1 amide bonds. The molecule has 0 radical (unpaired) electrons. The molecule has 198 valence electrons. The molecule has 1 atom stereocenters. The average molecular weight is 530 g/mol. The average Bonchev–Trinajstić information content (AvgIpc) is 3.30. The van der Waals surface area contributed by atoms with E-state index in [0.717, 1.165) is 4.57 Å². The summed E-state index contributed by atoms with van der Waals surface area (Å²) in [5, 5.41) is 2.66. The number of carbonyl (C=O) groups excluding carboxylic acids is 1. The number of nitrogens with zero attached hydrogens (tertiary/aromatic N) is 9. The van der Waals surface area contributed by atoms with E-state index in [9.17, 15) is 27.6 Å². The maximum absolute atomic E-state index is 13.0. The number of anilines is 2. The lowest BCUT2D eigenvalue weighted by atomic mass is 10.0. The van der Waals surface area contributed by atoms with E-state index in [1.807, 2.05) is 0 Å².